The second-order valence-corrected chi connectivity index (χ2v) is 15.3. The predicted molar refractivity (Wildman–Crippen MR) is 257 cm³/mol. The fraction of sp³-hybridized carbons (Fsp3) is 0. The molecule has 11 rings (SSSR count). The summed E-state index contributed by atoms with van der Waals surface area (Å²) in [5, 5.41) is 9.75. The van der Waals surface area contributed by atoms with Crippen molar-refractivity contribution in [1.29, 1.82) is 0 Å². The third kappa shape index (κ3) is 6.32. The Morgan fingerprint density at radius 1 is 0.217 bits per heavy atom. The zero-order valence-electron chi connectivity index (χ0n) is 33.0. The molecular weight excluding hydrogens is 725 g/mol. The first-order valence-corrected chi connectivity index (χ1v) is 20.6. The standard InChI is InChI=1S/C58H40N2/c1-5-21-47(22-6-1)59(48-23-7-2-8-24-48)57-35-33-51(53-37-43-17-13-15-19-45(43)39-55(53)57)41-29-31-42(32-30-41)52-34-36-58(56-40-46-20-16-14-18-44(46)38-54(52)56)60(49-25-9-3-10-26-49)50-27-11-4-12-28-50/h1-40H. The number of hydrogen-bond acceptors (Lipinski definition) is 2. The number of anilines is 6. The second kappa shape index (κ2) is 15.1. The first kappa shape index (κ1) is 35.2. The van der Waals surface area contributed by atoms with Crippen LogP contribution >= 0.6 is 0 Å². The van der Waals surface area contributed by atoms with E-state index in [1.807, 2.05) is 0 Å². The second-order valence-electron chi connectivity index (χ2n) is 15.3. The van der Waals surface area contributed by atoms with Gasteiger partial charge in [0.25, 0.3) is 0 Å². The van der Waals surface area contributed by atoms with Crippen molar-refractivity contribution in [3.8, 4) is 22.3 Å². The monoisotopic (exact) mass is 764 g/mol. The molecule has 0 aromatic heterocycles. The van der Waals surface area contributed by atoms with Gasteiger partial charge in [-0.3, -0.25) is 0 Å². The summed E-state index contributed by atoms with van der Waals surface area (Å²) >= 11 is 0. The van der Waals surface area contributed by atoms with Crippen LogP contribution in [0.25, 0.3) is 65.3 Å². The van der Waals surface area contributed by atoms with E-state index < -0.39 is 0 Å². The van der Waals surface area contributed by atoms with Crippen LogP contribution in [-0.2, 0) is 0 Å². The molecule has 0 unspecified atom stereocenters. The predicted octanol–water partition coefficient (Wildman–Crippen LogP) is 16.6. The first-order valence-electron chi connectivity index (χ1n) is 20.6. The van der Waals surface area contributed by atoms with Gasteiger partial charge in [0.05, 0.1) is 11.4 Å². The van der Waals surface area contributed by atoms with Crippen molar-refractivity contribution < 1.29 is 0 Å². The Labute approximate surface area is 350 Å². The zero-order valence-corrected chi connectivity index (χ0v) is 33.0. The molecule has 0 N–H and O–H groups in total. The first-order chi connectivity index (χ1) is 29.8. The van der Waals surface area contributed by atoms with Crippen molar-refractivity contribution in [2.45, 2.75) is 0 Å². The zero-order chi connectivity index (χ0) is 39.8. The van der Waals surface area contributed by atoms with Crippen LogP contribution < -0.4 is 9.80 Å². The van der Waals surface area contributed by atoms with Crippen molar-refractivity contribution in [2.75, 3.05) is 9.80 Å². The molecular formula is C58H40N2. The van der Waals surface area contributed by atoms with Crippen molar-refractivity contribution >= 4 is 77.2 Å². The summed E-state index contributed by atoms with van der Waals surface area (Å²) in [6.07, 6.45) is 0. The summed E-state index contributed by atoms with van der Waals surface area (Å²) in [5.74, 6) is 0. The number of nitrogens with zero attached hydrogens (tertiary/aromatic N) is 2. The molecule has 0 aliphatic rings. The molecule has 0 saturated carbocycles. The normalized spacial score (nSPS) is 11.3. The lowest BCUT2D eigenvalue weighted by Gasteiger charge is -2.28. The van der Waals surface area contributed by atoms with Crippen LogP contribution in [0.3, 0.4) is 0 Å². The molecule has 0 atom stereocenters. The molecule has 0 radical (unpaired) electrons. The minimum absolute atomic E-state index is 1.12. The molecule has 60 heavy (non-hydrogen) atoms. The maximum Gasteiger partial charge on any atom is 0.0540 e. The summed E-state index contributed by atoms with van der Waals surface area (Å²) in [6.45, 7) is 0. The summed E-state index contributed by atoms with van der Waals surface area (Å²) in [4.78, 5) is 4.75. The number of benzene rings is 11. The maximum absolute atomic E-state index is 2.37. The third-order valence-corrected chi connectivity index (χ3v) is 11.8. The van der Waals surface area contributed by atoms with Gasteiger partial charge in [-0.2, -0.15) is 0 Å². The van der Waals surface area contributed by atoms with E-state index >= 15 is 0 Å². The lowest BCUT2D eigenvalue weighted by atomic mass is 9.91. The Hall–Kier alpha value is -7.94. The molecule has 0 aliphatic carbocycles. The summed E-state index contributed by atoms with van der Waals surface area (Å²) in [6, 6.07) is 87.9. The van der Waals surface area contributed by atoms with Crippen LogP contribution in [0.4, 0.5) is 34.1 Å². The highest BCUT2D eigenvalue weighted by molar-refractivity contribution is 6.13. The van der Waals surface area contributed by atoms with Gasteiger partial charge < -0.3 is 9.80 Å². The minimum atomic E-state index is 1.12. The van der Waals surface area contributed by atoms with Crippen molar-refractivity contribution in [3.63, 3.8) is 0 Å². The Morgan fingerprint density at radius 3 is 0.783 bits per heavy atom. The van der Waals surface area contributed by atoms with Crippen LogP contribution in [0.15, 0.2) is 243 Å². The van der Waals surface area contributed by atoms with Crippen molar-refractivity contribution in [1.82, 2.24) is 0 Å². The number of para-hydroxylation sites is 4. The van der Waals surface area contributed by atoms with Crippen LogP contribution in [0.1, 0.15) is 0 Å². The van der Waals surface area contributed by atoms with Crippen LogP contribution in [0, 0.1) is 0 Å². The molecule has 282 valence electrons. The molecule has 2 nitrogen and oxygen atoms in total. The molecule has 0 spiro atoms. The van der Waals surface area contributed by atoms with Gasteiger partial charge in [0, 0.05) is 33.5 Å². The third-order valence-electron chi connectivity index (χ3n) is 11.8. The molecule has 11 aromatic carbocycles. The van der Waals surface area contributed by atoms with E-state index in [-0.39, 0.29) is 0 Å². The van der Waals surface area contributed by atoms with Gasteiger partial charge in [-0.15, -0.1) is 0 Å². The molecule has 11 aromatic rings. The quantitative estimate of drug-likeness (QED) is 0.142. The Morgan fingerprint density at radius 2 is 0.483 bits per heavy atom. The molecule has 0 fully saturated rings. The minimum Gasteiger partial charge on any atom is -0.310 e. The fourth-order valence-corrected chi connectivity index (χ4v) is 8.92. The largest absolute Gasteiger partial charge is 0.310 e. The Balaban J connectivity index is 1.07. The highest BCUT2D eigenvalue weighted by Crippen LogP contribution is 2.46. The molecule has 0 saturated heterocycles. The van der Waals surface area contributed by atoms with Crippen molar-refractivity contribution in [2.24, 2.45) is 0 Å². The van der Waals surface area contributed by atoms with E-state index in [1.165, 1.54) is 65.3 Å². The van der Waals surface area contributed by atoms with E-state index in [0.29, 0.717) is 0 Å². The molecule has 0 bridgehead atoms. The Kier molecular flexibility index (Phi) is 8.87. The summed E-state index contributed by atoms with van der Waals surface area (Å²) < 4.78 is 0. The SMILES string of the molecule is c1ccc(N(c2ccccc2)c2ccc(-c3ccc(-c4ccc(N(c5ccccc5)c5ccccc5)c5cc6ccccc6cc45)cc3)c3cc4ccccc4cc23)cc1. The smallest absolute Gasteiger partial charge is 0.0540 e. The van der Waals surface area contributed by atoms with Crippen LogP contribution in [-0.4, -0.2) is 0 Å². The van der Waals surface area contributed by atoms with E-state index in [1.54, 1.807) is 0 Å². The molecule has 2 heteroatoms. The number of rotatable bonds is 8. The number of hydrogen-bond donors (Lipinski definition) is 0. The Bertz CT molecular complexity index is 2990. The highest BCUT2D eigenvalue weighted by atomic mass is 15.1. The van der Waals surface area contributed by atoms with Gasteiger partial charge in [0.2, 0.25) is 0 Å². The van der Waals surface area contributed by atoms with Gasteiger partial charge in [0.1, 0.15) is 0 Å². The lowest BCUT2D eigenvalue weighted by Crippen LogP contribution is -2.10. The van der Waals surface area contributed by atoms with Crippen molar-refractivity contribution in [3.05, 3.63) is 243 Å². The molecule has 0 aliphatic heterocycles. The average molecular weight is 765 g/mol. The van der Waals surface area contributed by atoms with Gasteiger partial charge in [-0.05, 0) is 140 Å². The van der Waals surface area contributed by atoms with E-state index in [4.69, 9.17) is 0 Å². The lowest BCUT2D eigenvalue weighted by molar-refractivity contribution is 1.30. The van der Waals surface area contributed by atoms with E-state index in [2.05, 4.69) is 252 Å². The number of fused-ring (bicyclic) bond motifs is 4. The fourth-order valence-electron chi connectivity index (χ4n) is 8.92. The van der Waals surface area contributed by atoms with E-state index in [0.717, 1.165) is 34.1 Å². The van der Waals surface area contributed by atoms with E-state index in [9.17, 15) is 0 Å². The summed E-state index contributed by atoms with van der Waals surface area (Å²) in [7, 11) is 0. The highest BCUT2D eigenvalue weighted by Gasteiger charge is 2.20. The molecule has 0 heterocycles. The average Bonchev–Trinajstić information content (AvgIpc) is 3.32. The maximum atomic E-state index is 2.37. The summed E-state index contributed by atoms with van der Waals surface area (Å²) in [5.41, 5.74) is 11.6. The van der Waals surface area contributed by atoms with Gasteiger partial charge in [-0.1, -0.05) is 158 Å². The van der Waals surface area contributed by atoms with Crippen LogP contribution in [0.2, 0.25) is 0 Å². The topological polar surface area (TPSA) is 6.48 Å². The van der Waals surface area contributed by atoms with Crippen LogP contribution in [0.5, 0.6) is 0 Å². The van der Waals surface area contributed by atoms with Gasteiger partial charge >= 0.3 is 0 Å². The van der Waals surface area contributed by atoms with Gasteiger partial charge in [0.15, 0.2) is 0 Å². The molecule has 0 amide bonds. The van der Waals surface area contributed by atoms with Gasteiger partial charge in [-0.25, -0.2) is 0 Å².